The van der Waals surface area contributed by atoms with Crippen molar-refractivity contribution in [3.63, 3.8) is 0 Å². The zero-order valence-electron chi connectivity index (χ0n) is 13.6. The first-order chi connectivity index (χ1) is 11.2. The molecule has 3 amide bonds. The lowest BCUT2D eigenvalue weighted by atomic mass is 10.1. The number of nitriles is 1. The molecule has 0 aliphatic heterocycles. The van der Waals surface area contributed by atoms with Gasteiger partial charge in [0.2, 0.25) is 0 Å². The fraction of sp³-hybridized carbons (Fsp3) is 0.250. The Morgan fingerprint density at radius 3 is 2.33 bits per heavy atom. The van der Waals surface area contributed by atoms with Gasteiger partial charge in [-0.3, -0.25) is 10.1 Å². The molecule has 0 aliphatic rings. The van der Waals surface area contributed by atoms with E-state index in [-0.39, 0.29) is 5.57 Å². The number of hydrogen-bond donors (Lipinski definition) is 2. The van der Waals surface area contributed by atoms with Gasteiger partial charge in [-0.05, 0) is 30.7 Å². The number of nitrogens with one attached hydrogen (secondary N) is 1. The smallest absolute Gasteiger partial charge is 0.349 e. The molecular weight excluding hydrogens is 312 g/mol. The molecule has 0 spiro atoms. The molecule has 1 rings (SSSR count). The number of nitrogens with zero attached hydrogens (tertiary/aromatic N) is 2. The highest BCUT2D eigenvalue weighted by Crippen LogP contribution is 2.15. The standard InChI is InChI=1S/C16H18N4O4/c1-10(14(21)19-16(18)23)24-15(22)12(9-17)8-11-4-6-13(7-5-11)20(2)3/h4-8,10H,1-3H3,(H3,18,19,21,23)/b12-8-. The number of benzene rings is 1. The van der Waals surface area contributed by atoms with Crippen LogP contribution in [0.2, 0.25) is 0 Å². The number of carbonyl (C=O) groups excluding carboxylic acids is 3. The van der Waals surface area contributed by atoms with E-state index in [1.165, 1.54) is 13.0 Å². The summed E-state index contributed by atoms with van der Waals surface area (Å²) in [6.45, 7) is 1.26. The van der Waals surface area contributed by atoms with Crippen molar-refractivity contribution in [2.24, 2.45) is 5.73 Å². The summed E-state index contributed by atoms with van der Waals surface area (Å²) in [4.78, 5) is 35.9. The van der Waals surface area contributed by atoms with Gasteiger partial charge in [0.1, 0.15) is 11.6 Å². The molecule has 24 heavy (non-hydrogen) atoms. The third-order valence-electron chi connectivity index (χ3n) is 2.96. The Balaban J connectivity index is 2.84. The molecular formula is C16H18N4O4. The van der Waals surface area contributed by atoms with Gasteiger partial charge in [-0.2, -0.15) is 5.26 Å². The Labute approximate surface area is 139 Å². The Kier molecular flexibility index (Phi) is 6.50. The normalized spacial score (nSPS) is 11.8. The number of nitrogens with two attached hydrogens (primary N) is 1. The maximum Gasteiger partial charge on any atom is 0.349 e. The molecule has 8 heteroatoms. The van der Waals surface area contributed by atoms with Crippen molar-refractivity contribution in [2.45, 2.75) is 13.0 Å². The van der Waals surface area contributed by atoms with E-state index in [2.05, 4.69) is 0 Å². The molecule has 0 saturated carbocycles. The summed E-state index contributed by atoms with van der Waals surface area (Å²) in [6, 6.07) is 7.81. The molecule has 0 heterocycles. The summed E-state index contributed by atoms with van der Waals surface area (Å²) in [5, 5.41) is 10.9. The van der Waals surface area contributed by atoms with E-state index in [4.69, 9.17) is 15.7 Å². The number of anilines is 1. The van der Waals surface area contributed by atoms with Gasteiger partial charge in [-0.15, -0.1) is 0 Å². The molecule has 1 aromatic rings. The Morgan fingerprint density at radius 1 is 1.29 bits per heavy atom. The summed E-state index contributed by atoms with van der Waals surface area (Å²) in [7, 11) is 3.78. The second kappa shape index (κ2) is 8.33. The van der Waals surface area contributed by atoms with Crippen LogP contribution in [0.25, 0.3) is 6.08 Å². The fourth-order valence-corrected chi connectivity index (χ4v) is 1.67. The van der Waals surface area contributed by atoms with Gasteiger partial charge >= 0.3 is 12.0 Å². The van der Waals surface area contributed by atoms with Crippen molar-refractivity contribution in [3.05, 3.63) is 35.4 Å². The second-order valence-electron chi connectivity index (χ2n) is 5.06. The van der Waals surface area contributed by atoms with Gasteiger partial charge in [-0.1, -0.05) is 12.1 Å². The number of primary amides is 1. The maximum atomic E-state index is 11.9. The minimum absolute atomic E-state index is 0.272. The summed E-state index contributed by atoms with van der Waals surface area (Å²) in [6.07, 6.45) is 0.0818. The molecule has 0 bridgehead atoms. The molecule has 0 radical (unpaired) electrons. The fourth-order valence-electron chi connectivity index (χ4n) is 1.67. The lowest BCUT2D eigenvalue weighted by molar-refractivity contribution is -0.150. The van der Waals surface area contributed by atoms with Crippen molar-refractivity contribution < 1.29 is 19.1 Å². The molecule has 0 fully saturated rings. The average molecular weight is 330 g/mol. The van der Waals surface area contributed by atoms with Crippen molar-refractivity contribution in [2.75, 3.05) is 19.0 Å². The van der Waals surface area contributed by atoms with Crippen LogP contribution in [0.15, 0.2) is 29.8 Å². The summed E-state index contributed by atoms with van der Waals surface area (Å²) in [5.74, 6) is -1.84. The molecule has 0 aromatic heterocycles. The topological polar surface area (TPSA) is 126 Å². The third-order valence-corrected chi connectivity index (χ3v) is 2.96. The van der Waals surface area contributed by atoms with Crippen LogP contribution in [-0.2, 0) is 14.3 Å². The summed E-state index contributed by atoms with van der Waals surface area (Å²) < 4.78 is 4.84. The van der Waals surface area contributed by atoms with E-state index in [0.29, 0.717) is 5.56 Å². The number of esters is 1. The van der Waals surface area contributed by atoms with Crippen LogP contribution in [0.1, 0.15) is 12.5 Å². The molecule has 1 unspecified atom stereocenters. The first kappa shape index (κ1) is 18.7. The summed E-state index contributed by atoms with van der Waals surface area (Å²) in [5.41, 5.74) is 6.12. The highest BCUT2D eigenvalue weighted by molar-refractivity contribution is 6.01. The van der Waals surface area contributed by atoms with Gasteiger partial charge in [0.05, 0.1) is 0 Å². The molecule has 1 aromatic carbocycles. The lowest BCUT2D eigenvalue weighted by Gasteiger charge is -2.12. The van der Waals surface area contributed by atoms with Gasteiger partial charge in [0.15, 0.2) is 6.10 Å². The first-order valence-corrected chi connectivity index (χ1v) is 6.95. The highest BCUT2D eigenvalue weighted by Gasteiger charge is 2.21. The Hall–Kier alpha value is -3.34. The third kappa shape index (κ3) is 5.46. The van der Waals surface area contributed by atoms with Crippen LogP contribution in [0.4, 0.5) is 10.5 Å². The minimum atomic E-state index is -1.27. The molecule has 1 atom stereocenters. The monoisotopic (exact) mass is 330 g/mol. The number of imide groups is 1. The zero-order valence-corrected chi connectivity index (χ0v) is 13.6. The minimum Gasteiger partial charge on any atom is -0.448 e. The van der Waals surface area contributed by atoms with Crippen molar-refractivity contribution in [1.29, 1.82) is 5.26 Å². The molecule has 126 valence electrons. The number of amides is 3. The number of hydrogen-bond acceptors (Lipinski definition) is 6. The largest absolute Gasteiger partial charge is 0.448 e. The van der Waals surface area contributed by atoms with Gasteiger partial charge in [0.25, 0.3) is 5.91 Å². The molecule has 0 aliphatic carbocycles. The quantitative estimate of drug-likeness (QED) is 0.467. The van der Waals surface area contributed by atoms with E-state index >= 15 is 0 Å². The van der Waals surface area contributed by atoms with Gasteiger partial charge < -0.3 is 15.4 Å². The van der Waals surface area contributed by atoms with Crippen LogP contribution >= 0.6 is 0 Å². The van der Waals surface area contributed by atoms with Crippen LogP contribution in [0.3, 0.4) is 0 Å². The first-order valence-electron chi connectivity index (χ1n) is 6.95. The number of ether oxygens (including phenoxy) is 1. The van der Waals surface area contributed by atoms with E-state index in [0.717, 1.165) is 5.69 Å². The lowest BCUT2D eigenvalue weighted by Crippen LogP contribution is -2.42. The van der Waals surface area contributed by atoms with Gasteiger partial charge in [0, 0.05) is 19.8 Å². The molecule has 0 saturated heterocycles. The molecule has 8 nitrogen and oxygen atoms in total. The van der Waals surface area contributed by atoms with Crippen molar-refractivity contribution in [1.82, 2.24) is 5.32 Å². The van der Waals surface area contributed by atoms with Crippen LogP contribution in [0, 0.1) is 11.3 Å². The highest BCUT2D eigenvalue weighted by atomic mass is 16.5. The second-order valence-corrected chi connectivity index (χ2v) is 5.06. The predicted octanol–water partition coefficient (Wildman–Crippen LogP) is 0.786. The maximum absolute atomic E-state index is 11.9. The van der Waals surface area contributed by atoms with E-state index in [9.17, 15) is 14.4 Å². The Bertz CT molecular complexity index is 702. The van der Waals surface area contributed by atoms with E-state index in [1.807, 2.05) is 31.1 Å². The number of carbonyl (C=O) groups is 3. The van der Waals surface area contributed by atoms with E-state index in [1.54, 1.807) is 23.5 Å². The van der Waals surface area contributed by atoms with Crippen LogP contribution < -0.4 is 16.0 Å². The Morgan fingerprint density at radius 2 is 1.88 bits per heavy atom. The van der Waals surface area contributed by atoms with Crippen LogP contribution in [0.5, 0.6) is 0 Å². The summed E-state index contributed by atoms with van der Waals surface area (Å²) >= 11 is 0. The SMILES string of the molecule is CC(OC(=O)/C(C#N)=C\c1ccc(N(C)C)cc1)C(=O)NC(N)=O. The van der Waals surface area contributed by atoms with E-state index < -0.39 is 24.0 Å². The zero-order chi connectivity index (χ0) is 18.3. The predicted molar refractivity (Wildman–Crippen MR) is 87.6 cm³/mol. The number of rotatable bonds is 5. The van der Waals surface area contributed by atoms with Crippen molar-refractivity contribution >= 4 is 29.7 Å². The number of urea groups is 1. The van der Waals surface area contributed by atoms with Gasteiger partial charge in [-0.25, -0.2) is 9.59 Å². The molecule has 3 N–H and O–H groups in total. The van der Waals surface area contributed by atoms with Crippen LogP contribution in [-0.4, -0.2) is 38.1 Å². The average Bonchev–Trinajstić information content (AvgIpc) is 2.52. The van der Waals surface area contributed by atoms with Crippen molar-refractivity contribution in [3.8, 4) is 6.07 Å².